The lowest BCUT2D eigenvalue weighted by Crippen LogP contribution is -2.31. The first kappa shape index (κ1) is 12.5. The lowest BCUT2D eigenvalue weighted by molar-refractivity contribution is 0.101. The quantitative estimate of drug-likeness (QED) is 0.869. The number of β-amino-alcohol motifs (C(OH)–C–C–N with tert-alkyl or cyclic N) is 1. The number of ether oxygens (including phenoxy) is 1. The van der Waals surface area contributed by atoms with Crippen molar-refractivity contribution in [2.75, 3.05) is 32.8 Å². The third kappa shape index (κ3) is 3.49. The van der Waals surface area contributed by atoms with Crippen LogP contribution in [0.3, 0.4) is 0 Å². The second-order valence-corrected chi connectivity index (χ2v) is 4.30. The fourth-order valence-electron chi connectivity index (χ4n) is 2.07. The molecule has 94 valence electrons. The lowest BCUT2D eigenvalue weighted by atomic mass is 10.1. The highest BCUT2D eigenvalue weighted by molar-refractivity contribution is 5.20. The first-order valence-corrected chi connectivity index (χ1v) is 6.00. The van der Waals surface area contributed by atoms with Crippen LogP contribution in [0.4, 0.5) is 4.39 Å². The minimum atomic E-state index is -0.769. The van der Waals surface area contributed by atoms with Gasteiger partial charge in [-0.3, -0.25) is 4.90 Å². The van der Waals surface area contributed by atoms with E-state index in [0.717, 1.165) is 26.1 Å². The number of rotatable bonds is 3. The zero-order valence-corrected chi connectivity index (χ0v) is 9.81. The minimum absolute atomic E-state index is 0.342. The fraction of sp³-hybridized carbons (Fsp3) is 0.538. The van der Waals surface area contributed by atoms with Crippen LogP contribution in [0.2, 0.25) is 0 Å². The van der Waals surface area contributed by atoms with E-state index >= 15 is 0 Å². The summed E-state index contributed by atoms with van der Waals surface area (Å²) in [7, 11) is 0. The molecule has 1 aliphatic rings. The summed E-state index contributed by atoms with van der Waals surface area (Å²) < 4.78 is 18.8. The van der Waals surface area contributed by atoms with E-state index in [-0.39, 0.29) is 5.82 Å². The van der Waals surface area contributed by atoms with E-state index in [1.165, 1.54) is 6.07 Å². The molecule has 1 fully saturated rings. The Morgan fingerprint density at radius 3 is 2.94 bits per heavy atom. The number of hydrogen-bond donors (Lipinski definition) is 1. The summed E-state index contributed by atoms with van der Waals surface area (Å²) >= 11 is 0. The maximum Gasteiger partial charge on any atom is 0.129 e. The van der Waals surface area contributed by atoms with E-state index in [1.807, 2.05) is 0 Å². The van der Waals surface area contributed by atoms with Crippen LogP contribution in [-0.2, 0) is 4.74 Å². The molecule has 17 heavy (non-hydrogen) atoms. The smallest absolute Gasteiger partial charge is 0.129 e. The van der Waals surface area contributed by atoms with Gasteiger partial charge in [0.1, 0.15) is 5.82 Å². The van der Waals surface area contributed by atoms with Gasteiger partial charge >= 0.3 is 0 Å². The molecule has 0 saturated carbocycles. The van der Waals surface area contributed by atoms with Gasteiger partial charge in [0, 0.05) is 31.8 Å². The van der Waals surface area contributed by atoms with E-state index in [4.69, 9.17) is 4.74 Å². The van der Waals surface area contributed by atoms with Gasteiger partial charge in [0.25, 0.3) is 0 Å². The van der Waals surface area contributed by atoms with Gasteiger partial charge in [-0.15, -0.1) is 0 Å². The van der Waals surface area contributed by atoms with E-state index in [1.54, 1.807) is 18.2 Å². The van der Waals surface area contributed by atoms with E-state index in [0.29, 0.717) is 18.7 Å². The molecule has 1 aliphatic heterocycles. The van der Waals surface area contributed by atoms with Crippen LogP contribution in [0.25, 0.3) is 0 Å². The van der Waals surface area contributed by atoms with Crippen molar-refractivity contribution >= 4 is 0 Å². The zero-order valence-electron chi connectivity index (χ0n) is 9.81. The maximum atomic E-state index is 13.5. The molecule has 3 nitrogen and oxygen atoms in total. The molecule has 1 atom stereocenters. The minimum Gasteiger partial charge on any atom is -0.387 e. The topological polar surface area (TPSA) is 32.7 Å². The standard InChI is InChI=1S/C13H18FNO2/c14-12-5-2-1-4-11(12)13(16)10-15-6-3-8-17-9-7-15/h1-2,4-5,13,16H,3,6-10H2. The van der Waals surface area contributed by atoms with Crippen molar-refractivity contribution < 1.29 is 14.2 Å². The van der Waals surface area contributed by atoms with Gasteiger partial charge in [-0.2, -0.15) is 0 Å². The number of hydrogen-bond acceptors (Lipinski definition) is 3. The average molecular weight is 239 g/mol. The van der Waals surface area contributed by atoms with Gasteiger partial charge in [0.2, 0.25) is 0 Å². The zero-order chi connectivity index (χ0) is 12.1. The Labute approximate surface area is 101 Å². The normalized spacial score (nSPS) is 19.9. The van der Waals surface area contributed by atoms with Gasteiger partial charge in [-0.25, -0.2) is 4.39 Å². The second kappa shape index (κ2) is 6.10. The highest BCUT2D eigenvalue weighted by Crippen LogP contribution is 2.18. The predicted molar refractivity (Wildman–Crippen MR) is 63.2 cm³/mol. The van der Waals surface area contributed by atoms with E-state index in [9.17, 15) is 9.50 Å². The average Bonchev–Trinajstić information content (AvgIpc) is 2.58. The van der Waals surface area contributed by atoms with Gasteiger partial charge in [0.15, 0.2) is 0 Å². The molecule has 1 aromatic carbocycles. The van der Waals surface area contributed by atoms with E-state index < -0.39 is 6.10 Å². The largest absolute Gasteiger partial charge is 0.387 e. The van der Waals surface area contributed by atoms with Crippen LogP contribution in [0, 0.1) is 5.82 Å². The summed E-state index contributed by atoms with van der Waals surface area (Å²) in [5.74, 6) is -0.342. The summed E-state index contributed by atoms with van der Waals surface area (Å²) in [4.78, 5) is 2.12. The van der Waals surface area contributed by atoms with Crippen LogP contribution in [0.1, 0.15) is 18.1 Å². The van der Waals surface area contributed by atoms with Gasteiger partial charge < -0.3 is 9.84 Å². The Balaban J connectivity index is 1.96. The molecular formula is C13H18FNO2. The molecule has 0 bridgehead atoms. The molecule has 0 aliphatic carbocycles. The molecule has 1 aromatic rings. The molecule has 2 rings (SSSR count). The van der Waals surface area contributed by atoms with Crippen molar-refractivity contribution in [3.8, 4) is 0 Å². The Morgan fingerprint density at radius 1 is 1.29 bits per heavy atom. The SMILES string of the molecule is OC(CN1CCCOCC1)c1ccccc1F. The molecular weight excluding hydrogens is 221 g/mol. The summed E-state index contributed by atoms with van der Waals surface area (Å²) in [5.41, 5.74) is 0.373. The predicted octanol–water partition coefficient (Wildman–Crippen LogP) is 1.58. The Morgan fingerprint density at radius 2 is 2.12 bits per heavy atom. The lowest BCUT2D eigenvalue weighted by Gasteiger charge is -2.22. The van der Waals surface area contributed by atoms with Crippen LogP contribution < -0.4 is 0 Å². The monoisotopic (exact) mass is 239 g/mol. The van der Waals surface area contributed by atoms with Gasteiger partial charge in [-0.05, 0) is 12.5 Å². The highest BCUT2D eigenvalue weighted by Gasteiger charge is 2.17. The third-order valence-corrected chi connectivity index (χ3v) is 3.01. The fourth-order valence-corrected chi connectivity index (χ4v) is 2.07. The number of halogens is 1. The van der Waals surface area contributed by atoms with Crippen molar-refractivity contribution in [1.29, 1.82) is 0 Å². The highest BCUT2D eigenvalue weighted by atomic mass is 19.1. The molecule has 1 saturated heterocycles. The summed E-state index contributed by atoms with van der Waals surface area (Å²) in [6.45, 7) is 3.61. The maximum absolute atomic E-state index is 13.5. The summed E-state index contributed by atoms with van der Waals surface area (Å²) in [5, 5.41) is 10.0. The van der Waals surface area contributed by atoms with Crippen molar-refractivity contribution in [1.82, 2.24) is 4.90 Å². The second-order valence-electron chi connectivity index (χ2n) is 4.30. The van der Waals surface area contributed by atoms with Crippen LogP contribution in [0.5, 0.6) is 0 Å². The van der Waals surface area contributed by atoms with Crippen LogP contribution >= 0.6 is 0 Å². The first-order valence-electron chi connectivity index (χ1n) is 6.00. The van der Waals surface area contributed by atoms with Crippen LogP contribution in [-0.4, -0.2) is 42.9 Å². The summed E-state index contributed by atoms with van der Waals surface area (Å²) in [6, 6.07) is 6.39. The first-order chi connectivity index (χ1) is 8.27. The van der Waals surface area contributed by atoms with Crippen molar-refractivity contribution in [2.24, 2.45) is 0 Å². The molecule has 0 spiro atoms. The van der Waals surface area contributed by atoms with Crippen LogP contribution in [0.15, 0.2) is 24.3 Å². The van der Waals surface area contributed by atoms with Gasteiger partial charge in [0.05, 0.1) is 12.7 Å². The molecule has 4 heteroatoms. The van der Waals surface area contributed by atoms with Crippen molar-refractivity contribution in [3.63, 3.8) is 0 Å². The van der Waals surface area contributed by atoms with E-state index in [2.05, 4.69) is 4.90 Å². The Bertz CT molecular complexity index is 351. The molecule has 1 heterocycles. The molecule has 0 aromatic heterocycles. The number of aliphatic hydroxyl groups is 1. The molecule has 1 N–H and O–H groups in total. The van der Waals surface area contributed by atoms with Gasteiger partial charge in [-0.1, -0.05) is 18.2 Å². The molecule has 1 unspecified atom stereocenters. The molecule has 0 radical (unpaired) electrons. The molecule has 0 amide bonds. The Hall–Kier alpha value is -0.970. The third-order valence-electron chi connectivity index (χ3n) is 3.01. The number of aliphatic hydroxyl groups excluding tert-OH is 1. The summed E-state index contributed by atoms with van der Waals surface area (Å²) in [6.07, 6.45) is 0.193. The number of nitrogens with zero attached hydrogens (tertiary/aromatic N) is 1. The van der Waals surface area contributed by atoms with Crippen molar-refractivity contribution in [3.05, 3.63) is 35.6 Å². The number of benzene rings is 1. The van der Waals surface area contributed by atoms with Crippen molar-refractivity contribution in [2.45, 2.75) is 12.5 Å². The Kier molecular flexibility index (Phi) is 4.48.